The molecule has 5 atom stereocenters. The lowest BCUT2D eigenvalue weighted by Crippen LogP contribution is -2.69. The van der Waals surface area contributed by atoms with Crippen molar-refractivity contribution in [3.05, 3.63) is 60.7 Å². The molecule has 0 aromatic heterocycles. The van der Waals surface area contributed by atoms with Gasteiger partial charge in [-0.3, -0.25) is 4.79 Å². The van der Waals surface area contributed by atoms with E-state index in [0.29, 0.717) is 13.0 Å². The first-order chi connectivity index (χ1) is 16.5. The predicted octanol–water partition coefficient (Wildman–Crippen LogP) is 3.76. The maximum Gasteiger partial charge on any atom is 0.312 e. The Kier molecular flexibility index (Phi) is 6.00. The lowest BCUT2D eigenvalue weighted by atomic mass is 10.1. The van der Waals surface area contributed by atoms with Gasteiger partial charge in [0.25, 0.3) is 8.32 Å². The van der Waals surface area contributed by atoms with Crippen molar-refractivity contribution in [1.29, 1.82) is 0 Å². The Bertz CT molecular complexity index is 1030. The summed E-state index contributed by atoms with van der Waals surface area (Å²) in [6.07, 6.45) is -0.969. The molecule has 7 heteroatoms. The molecule has 188 valence electrons. The fourth-order valence-corrected chi connectivity index (χ4v) is 10.6. The monoisotopic (exact) mass is 496 g/mol. The second kappa shape index (κ2) is 8.52. The van der Waals surface area contributed by atoms with Gasteiger partial charge in [-0.05, 0) is 42.6 Å². The fourth-order valence-electron chi connectivity index (χ4n) is 5.89. The van der Waals surface area contributed by atoms with Gasteiger partial charge >= 0.3 is 5.97 Å². The molecule has 3 aliphatic rings. The first-order valence-electron chi connectivity index (χ1n) is 12.5. The van der Waals surface area contributed by atoms with Gasteiger partial charge in [0, 0.05) is 0 Å². The zero-order valence-electron chi connectivity index (χ0n) is 21.4. The van der Waals surface area contributed by atoms with Crippen LogP contribution in [-0.2, 0) is 28.2 Å². The molecule has 2 aromatic carbocycles. The molecule has 0 amide bonds. The second-order valence-corrected chi connectivity index (χ2v) is 15.5. The average molecular weight is 497 g/mol. The number of carbonyl (C=O) groups excluding carboxylic acids is 1. The molecule has 5 rings (SSSR count). The van der Waals surface area contributed by atoms with Crippen LogP contribution < -0.4 is 10.4 Å². The maximum absolute atomic E-state index is 12.8. The van der Waals surface area contributed by atoms with Crippen LogP contribution in [0.1, 0.15) is 48.0 Å². The summed E-state index contributed by atoms with van der Waals surface area (Å²) in [6, 6.07) is 21.0. The highest BCUT2D eigenvalue weighted by atomic mass is 28.4. The Balaban J connectivity index is 1.64. The molecular formula is C28H36O6Si. The van der Waals surface area contributed by atoms with Gasteiger partial charge in [0.2, 0.25) is 0 Å². The summed E-state index contributed by atoms with van der Waals surface area (Å²) in [4.78, 5) is 12.8. The van der Waals surface area contributed by atoms with Gasteiger partial charge in [-0.1, -0.05) is 81.4 Å². The van der Waals surface area contributed by atoms with E-state index >= 15 is 0 Å². The Hall–Kier alpha value is -2.03. The normalized spacial score (nSPS) is 31.4. The SMILES string of the molecule is CCOC(=O)[C@H]1C[C@]12O[C@@H]1OC(C)(C)OC1C2O[Si](c1ccccc1)(c1ccccc1)C(C)(C)C. The van der Waals surface area contributed by atoms with Gasteiger partial charge in [-0.15, -0.1) is 0 Å². The van der Waals surface area contributed by atoms with E-state index in [1.54, 1.807) is 0 Å². The van der Waals surface area contributed by atoms with E-state index < -0.39 is 44.1 Å². The van der Waals surface area contributed by atoms with Crippen LogP contribution >= 0.6 is 0 Å². The third kappa shape index (κ3) is 3.98. The molecule has 3 fully saturated rings. The van der Waals surface area contributed by atoms with Crippen LogP contribution in [0.2, 0.25) is 5.04 Å². The van der Waals surface area contributed by atoms with Crippen molar-refractivity contribution in [3.63, 3.8) is 0 Å². The van der Waals surface area contributed by atoms with E-state index in [1.165, 1.54) is 10.4 Å². The number of ether oxygens (including phenoxy) is 4. The van der Waals surface area contributed by atoms with Crippen LogP contribution in [0.4, 0.5) is 0 Å². The third-order valence-electron chi connectivity index (χ3n) is 7.45. The summed E-state index contributed by atoms with van der Waals surface area (Å²) in [6.45, 7) is 12.6. The molecule has 2 saturated heterocycles. The van der Waals surface area contributed by atoms with E-state index in [2.05, 4.69) is 69.3 Å². The highest BCUT2D eigenvalue weighted by Gasteiger charge is 2.76. The zero-order valence-corrected chi connectivity index (χ0v) is 22.4. The van der Waals surface area contributed by atoms with Gasteiger partial charge in [0.15, 0.2) is 12.1 Å². The Morgan fingerprint density at radius 3 is 2.06 bits per heavy atom. The largest absolute Gasteiger partial charge is 0.466 e. The molecule has 6 nitrogen and oxygen atoms in total. The minimum absolute atomic E-state index is 0.224. The van der Waals surface area contributed by atoms with E-state index in [9.17, 15) is 4.79 Å². The minimum Gasteiger partial charge on any atom is -0.466 e. The lowest BCUT2D eigenvalue weighted by molar-refractivity contribution is -0.221. The summed E-state index contributed by atoms with van der Waals surface area (Å²) in [5.74, 6) is -1.44. The minimum atomic E-state index is -2.92. The Morgan fingerprint density at radius 1 is 0.971 bits per heavy atom. The molecular weight excluding hydrogens is 460 g/mol. The van der Waals surface area contributed by atoms with Crippen LogP contribution in [0.25, 0.3) is 0 Å². The number of carbonyl (C=O) groups is 1. The zero-order chi connectivity index (χ0) is 25.1. The molecule has 2 aliphatic heterocycles. The van der Waals surface area contributed by atoms with Gasteiger partial charge < -0.3 is 23.4 Å². The van der Waals surface area contributed by atoms with Crippen LogP contribution in [0, 0.1) is 5.92 Å². The molecule has 0 bridgehead atoms. The van der Waals surface area contributed by atoms with Crippen molar-refractivity contribution in [1.82, 2.24) is 0 Å². The van der Waals surface area contributed by atoms with Crippen molar-refractivity contribution in [2.75, 3.05) is 6.61 Å². The summed E-state index contributed by atoms with van der Waals surface area (Å²) in [7, 11) is -2.92. The molecule has 1 spiro atoms. The van der Waals surface area contributed by atoms with E-state index in [4.69, 9.17) is 23.4 Å². The topological polar surface area (TPSA) is 63.2 Å². The third-order valence-corrected chi connectivity index (χ3v) is 12.5. The smallest absolute Gasteiger partial charge is 0.312 e. The summed E-state index contributed by atoms with van der Waals surface area (Å²) in [5.41, 5.74) is -0.814. The highest BCUT2D eigenvalue weighted by Crippen LogP contribution is 2.60. The van der Waals surface area contributed by atoms with Crippen molar-refractivity contribution in [2.24, 2.45) is 5.92 Å². The lowest BCUT2D eigenvalue weighted by Gasteiger charge is -2.46. The van der Waals surface area contributed by atoms with Gasteiger partial charge in [0.1, 0.15) is 17.8 Å². The van der Waals surface area contributed by atoms with Crippen molar-refractivity contribution >= 4 is 24.7 Å². The van der Waals surface area contributed by atoms with E-state index in [1.807, 2.05) is 32.9 Å². The number of hydrogen-bond acceptors (Lipinski definition) is 6. The summed E-state index contributed by atoms with van der Waals surface area (Å²) >= 11 is 0. The Labute approximate surface area is 209 Å². The van der Waals surface area contributed by atoms with Crippen molar-refractivity contribution in [2.45, 2.75) is 82.9 Å². The van der Waals surface area contributed by atoms with E-state index in [0.717, 1.165) is 0 Å². The quantitative estimate of drug-likeness (QED) is 0.448. The van der Waals surface area contributed by atoms with Crippen LogP contribution in [0.3, 0.4) is 0 Å². The number of rotatable bonds is 6. The highest BCUT2D eigenvalue weighted by molar-refractivity contribution is 6.99. The first-order valence-corrected chi connectivity index (χ1v) is 14.4. The summed E-state index contributed by atoms with van der Waals surface area (Å²) < 4.78 is 31.9. The van der Waals surface area contributed by atoms with Crippen molar-refractivity contribution in [3.8, 4) is 0 Å². The standard InChI is InChI=1S/C28H36O6Si/c1-7-30-24(29)21-18-28(21)23(22-25(33-28)32-27(5,6)31-22)34-35(26(2,3)4,19-14-10-8-11-15-19)20-16-12-9-13-17-20/h8-17,21-23,25H,7,18H2,1-6H3/t21-,22?,23?,25+,28+/m1/s1. The van der Waals surface area contributed by atoms with Crippen LogP contribution in [0.15, 0.2) is 60.7 Å². The number of fused-ring (bicyclic) bond motifs is 1. The molecule has 2 heterocycles. The number of benzene rings is 2. The number of esters is 1. The molecule has 0 N–H and O–H groups in total. The average Bonchev–Trinajstić information content (AvgIpc) is 3.36. The molecule has 1 saturated carbocycles. The summed E-state index contributed by atoms with van der Waals surface area (Å²) in [5, 5.41) is 2.12. The molecule has 1 aliphatic carbocycles. The van der Waals surface area contributed by atoms with Crippen molar-refractivity contribution < 1.29 is 28.2 Å². The first kappa shape index (κ1) is 24.7. The molecule has 35 heavy (non-hydrogen) atoms. The maximum atomic E-state index is 12.8. The predicted molar refractivity (Wildman–Crippen MR) is 135 cm³/mol. The van der Waals surface area contributed by atoms with Crippen LogP contribution in [0.5, 0.6) is 0 Å². The molecule has 0 radical (unpaired) electrons. The van der Waals surface area contributed by atoms with Gasteiger partial charge in [-0.25, -0.2) is 0 Å². The van der Waals surface area contributed by atoms with E-state index in [-0.39, 0.29) is 11.0 Å². The Morgan fingerprint density at radius 2 is 1.54 bits per heavy atom. The van der Waals surface area contributed by atoms with Gasteiger partial charge in [-0.2, -0.15) is 0 Å². The molecule has 2 aromatic rings. The van der Waals surface area contributed by atoms with Gasteiger partial charge in [0.05, 0.1) is 12.5 Å². The fraction of sp³-hybridized carbons (Fsp3) is 0.536. The number of hydrogen-bond donors (Lipinski definition) is 0. The molecule has 2 unspecified atom stereocenters. The van der Waals surface area contributed by atoms with Crippen LogP contribution in [-0.4, -0.2) is 50.8 Å². The second-order valence-electron chi connectivity index (χ2n) is 11.3.